The molecule has 0 aliphatic rings. The molecule has 0 aromatic heterocycles. The molecule has 0 heterocycles. The number of carbonyl (C=O) groups excluding carboxylic acids is 2. The van der Waals surface area contributed by atoms with Crippen molar-refractivity contribution < 1.29 is 19.2 Å². The molecule has 0 N–H and O–H groups in total. The van der Waals surface area contributed by atoms with Crippen LogP contribution in [0.15, 0.2) is 24.3 Å². The molecule has 0 bridgehead atoms. The highest BCUT2D eigenvalue weighted by atomic mass is 16.6. The van der Waals surface area contributed by atoms with Crippen LogP contribution in [0.3, 0.4) is 0 Å². The zero-order valence-electron chi connectivity index (χ0n) is 9.38. The summed E-state index contributed by atoms with van der Waals surface area (Å²) in [7, 11) is 1.13. The lowest BCUT2D eigenvalue weighted by Gasteiger charge is -2.11. The number of methoxy groups -OCH3 is 1. The van der Waals surface area contributed by atoms with Gasteiger partial charge in [-0.25, -0.2) is 0 Å². The number of nitro groups is 1. The highest BCUT2D eigenvalue weighted by Gasteiger charge is 2.32. The van der Waals surface area contributed by atoms with Gasteiger partial charge in [-0.15, -0.1) is 0 Å². The Balaban J connectivity index is 3.33. The van der Waals surface area contributed by atoms with Gasteiger partial charge in [-0.2, -0.15) is 0 Å². The first kappa shape index (κ1) is 12.8. The number of carbonyl (C=O) groups is 2. The zero-order valence-corrected chi connectivity index (χ0v) is 9.38. The van der Waals surface area contributed by atoms with Crippen molar-refractivity contribution in [1.29, 1.82) is 0 Å². The van der Waals surface area contributed by atoms with Gasteiger partial charge < -0.3 is 4.74 Å². The largest absolute Gasteiger partial charge is 0.468 e. The van der Waals surface area contributed by atoms with E-state index in [1.165, 1.54) is 31.2 Å². The van der Waals surface area contributed by atoms with Crippen LogP contribution < -0.4 is 0 Å². The Morgan fingerprint density at radius 1 is 1.35 bits per heavy atom. The average Bonchev–Trinajstić information content (AvgIpc) is 2.29. The van der Waals surface area contributed by atoms with Crippen LogP contribution in [0.1, 0.15) is 18.4 Å². The minimum absolute atomic E-state index is 0.0526. The maximum absolute atomic E-state index is 11.5. The van der Waals surface area contributed by atoms with E-state index < -0.39 is 22.6 Å². The summed E-state index contributed by atoms with van der Waals surface area (Å²) in [5.74, 6) is -2.54. The molecule has 90 valence electrons. The van der Waals surface area contributed by atoms with Crippen LogP contribution in [0.2, 0.25) is 0 Å². The molecule has 1 unspecified atom stereocenters. The summed E-state index contributed by atoms with van der Waals surface area (Å²) in [6.07, 6.45) is 0. The van der Waals surface area contributed by atoms with Crippen molar-refractivity contribution in [2.24, 2.45) is 0 Å². The van der Waals surface area contributed by atoms with Crippen molar-refractivity contribution in [3.63, 3.8) is 0 Å². The zero-order chi connectivity index (χ0) is 13.0. The quantitative estimate of drug-likeness (QED) is 0.342. The highest BCUT2D eigenvalue weighted by molar-refractivity contribution is 6.04. The molecule has 0 saturated carbocycles. The molecule has 1 atom stereocenters. The molecule has 6 nitrogen and oxygen atoms in total. The van der Waals surface area contributed by atoms with Gasteiger partial charge in [-0.1, -0.05) is 18.2 Å². The lowest BCUT2D eigenvalue weighted by atomic mass is 9.94. The van der Waals surface area contributed by atoms with E-state index >= 15 is 0 Å². The van der Waals surface area contributed by atoms with E-state index in [1.54, 1.807) is 0 Å². The molecule has 0 aliphatic carbocycles. The minimum atomic E-state index is -1.25. The van der Waals surface area contributed by atoms with Gasteiger partial charge in [-0.3, -0.25) is 19.7 Å². The van der Waals surface area contributed by atoms with Crippen molar-refractivity contribution in [2.75, 3.05) is 7.11 Å². The molecule has 0 radical (unpaired) electrons. The van der Waals surface area contributed by atoms with E-state index in [1.807, 2.05) is 0 Å². The number of nitro benzene ring substituents is 1. The normalized spacial score (nSPS) is 11.6. The summed E-state index contributed by atoms with van der Waals surface area (Å²) in [5.41, 5.74) is -0.213. The smallest absolute Gasteiger partial charge is 0.320 e. The van der Waals surface area contributed by atoms with Crippen molar-refractivity contribution in [2.45, 2.75) is 12.8 Å². The number of ketones is 1. The third kappa shape index (κ3) is 2.66. The molecule has 0 saturated heterocycles. The van der Waals surface area contributed by atoms with Crippen LogP contribution >= 0.6 is 0 Å². The first-order valence-electron chi connectivity index (χ1n) is 4.80. The number of hydrogen-bond acceptors (Lipinski definition) is 5. The van der Waals surface area contributed by atoms with Gasteiger partial charge in [0.2, 0.25) is 0 Å². The number of Topliss-reactive ketones (excluding diaryl/α,β-unsaturated/α-hetero) is 1. The monoisotopic (exact) mass is 237 g/mol. The van der Waals surface area contributed by atoms with Crippen LogP contribution in [0, 0.1) is 10.1 Å². The van der Waals surface area contributed by atoms with E-state index in [0.29, 0.717) is 0 Å². The van der Waals surface area contributed by atoms with Gasteiger partial charge in [0.25, 0.3) is 5.69 Å². The van der Waals surface area contributed by atoms with Crippen molar-refractivity contribution in [1.82, 2.24) is 0 Å². The number of benzene rings is 1. The number of hydrogen-bond donors (Lipinski definition) is 0. The van der Waals surface area contributed by atoms with Gasteiger partial charge >= 0.3 is 5.97 Å². The van der Waals surface area contributed by atoms with Gasteiger partial charge in [-0.05, 0) is 6.92 Å². The topological polar surface area (TPSA) is 86.5 Å². The van der Waals surface area contributed by atoms with Crippen LogP contribution in [-0.4, -0.2) is 23.8 Å². The molecular weight excluding hydrogens is 226 g/mol. The number of nitrogens with zero attached hydrogens (tertiary/aromatic N) is 1. The minimum Gasteiger partial charge on any atom is -0.468 e. The second-order valence-corrected chi connectivity index (χ2v) is 3.38. The molecular formula is C11H11NO5. The average molecular weight is 237 g/mol. The Labute approximate surface area is 97.3 Å². The van der Waals surface area contributed by atoms with E-state index in [0.717, 1.165) is 7.11 Å². The molecule has 0 fully saturated rings. The van der Waals surface area contributed by atoms with Crippen LogP contribution in [0.5, 0.6) is 0 Å². The Hall–Kier alpha value is -2.24. The van der Waals surface area contributed by atoms with Gasteiger partial charge in [0.1, 0.15) is 11.7 Å². The lowest BCUT2D eigenvalue weighted by Crippen LogP contribution is -2.22. The molecule has 1 rings (SSSR count). The van der Waals surface area contributed by atoms with E-state index in [9.17, 15) is 19.7 Å². The lowest BCUT2D eigenvalue weighted by molar-refractivity contribution is -0.385. The van der Waals surface area contributed by atoms with Gasteiger partial charge in [0.05, 0.1) is 17.6 Å². The van der Waals surface area contributed by atoms with Gasteiger partial charge in [0.15, 0.2) is 0 Å². The van der Waals surface area contributed by atoms with Crippen LogP contribution in [0.4, 0.5) is 5.69 Å². The molecule has 17 heavy (non-hydrogen) atoms. The van der Waals surface area contributed by atoms with E-state index in [-0.39, 0.29) is 11.3 Å². The van der Waals surface area contributed by atoms with Crippen molar-refractivity contribution in [3.8, 4) is 0 Å². The standard InChI is InChI=1S/C11H11NO5/c1-7(13)10(11(14)17-2)8-5-3-4-6-9(8)12(15)16/h3-6,10H,1-2H3. The molecule has 0 spiro atoms. The fourth-order valence-corrected chi connectivity index (χ4v) is 1.53. The second-order valence-electron chi connectivity index (χ2n) is 3.38. The Morgan fingerprint density at radius 3 is 2.41 bits per heavy atom. The first-order valence-corrected chi connectivity index (χ1v) is 4.80. The summed E-state index contributed by atoms with van der Waals surface area (Å²) in [6.45, 7) is 1.19. The molecule has 6 heteroatoms. The fourth-order valence-electron chi connectivity index (χ4n) is 1.53. The maximum atomic E-state index is 11.5. The Bertz CT molecular complexity index is 469. The number of rotatable bonds is 4. The van der Waals surface area contributed by atoms with E-state index in [4.69, 9.17) is 0 Å². The summed E-state index contributed by atoms with van der Waals surface area (Å²) in [4.78, 5) is 33.0. The molecule has 1 aromatic rings. The third-order valence-corrected chi connectivity index (χ3v) is 2.29. The van der Waals surface area contributed by atoms with Crippen molar-refractivity contribution in [3.05, 3.63) is 39.9 Å². The third-order valence-electron chi connectivity index (χ3n) is 2.29. The van der Waals surface area contributed by atoms with Crippen LogP contribution in [0.25, 0.3) is 0 Å². The molecule has 0 aliphatic heterocycles. The number of esters is 1. The van der Waals surface area contributed by atoms with Crippen LogP contribution in [-0.2, 0) is 14.3 Å². The number of para-hydroxylation sites is 1. The number of ether oxygens (including phenoxy) is 1. The fraction of sp³-hybridized carbons (Fsp3) is 0.273. The SMILES string of the molecule is COC(=O)C(C(C)=O)c1ccccc1[N+](=O)[O-]. The predicted molar refractivity (Wildman–Crippen MR) is 58.5 cm³/mol. The summed E-state index contributed by atoms with van der Waals surface area (Å²) in [5, 5.41) is 10.8. The second kappa shape index (κ2) is 5.20. The first-order chi connectivity index (χ1) is 7.99. The Kier molecular flexibility index (Phi) is 3.92. The predicted octanol–water partition coefficient (Wildman–Crippen LogP) is 1.44. The Morgan fingerprint density at radius 2 is 1.94 bits per heavy atom. The summed E-state index contributed by atoms with van der Waals surface area (Å²) in [6, 6.07) is 5.62. The van der Waals surface area contributed by atoms with Crippen molar-refractivity contribution >= 4 is 17.4 Å². The van der Waals surface area contributed by atoms with Gasteiger partial charge in [0, 0.05) is 6.07 Å². The molecule has 1 aromatic carbocycles. The molecule has 0 amide bonds. The maximum Gasteiger partial charge on any atom is 0.320 e. The summed E-state index contributed by atoms with van der Waals surface area (Å²) < 4.78 is 4.48. The summed E-state index contributed by atoms with van der Waals surface area (Å²) >= 11 is 0. The highest BCUT2D eigenvalue weighted by Crippen LogP contribution is 2.27. The van der Waals surface area contributed by atoms with E-state index in [2.05, 4.69) is 4.74 Å².